The fourth-order valence-corrected chi connectivity index (χ4v) is 2.73. The molecule has 0 bridgehead atoms. The minimum absolute atomic E-state index is 0.0791. The van der Waals surface area contributed by atoms with E-state index >= 15 is 0 Å². The standard InChI is InChI=1S/C18H21N3O3/c1-11-4-7-16(12(2)19-11)21-18(22)20-14-8-13-5-6-15(23-3)9-17(13)24-10-14/h4-7,9,14H,8,10H2,1-3H3,(H2,20,21,22). The van der Waals surface area contributed by atoms with E-state index < -0.39 is 0 Å². The number of hydrogen-bond donors (Lipinski definition) is 2. The van der Waals surface area contributed by atoms with Crippen LogP contribution in [0.25, 0.3) is 0 Å². The molecule has 6 nitrogen and oxygen atoms in total. The third-order valence-electron chi connectivity index (χ3n) is 3.99. The highest BCUT2D eigenvalue weighted by Crippen LogP contribution is 2.29. The van der Waals surface area contributed by atoms with Crippen LogP contribution in [0, 0.1) is 13.8 Å². The van der Waals surface area contributed by atoms with Crippen molar-refractivity contribution in [1.82, 2.24) is 10.3 Å². The zero-order valence-electron chi connectivity index (χ0n) is 14.1. The molecule has 2 aromatic rings. The molecule has 24 heavy (non-hydrogen) atoms. The van der Waals surface area contributed by atoms with Gasteiger partial charge in [0.1, 0.15) is 18.1 Å². The molecule has 1 aromatic heterocycles. The Morgan fingerprint density at radius 2 is 2.12 bits per heavy atom. The van der Waals surface area contributed by atoms with Gasteiger partial charge in [-0.05, 0) is 44.0 Å². The Labute approximate surface area is 141 Å². The quantitative estimate of drug-likeness (QED) is 0.909. The average Bonchev–Trinajstić information content (AvgIpc) is 2.57. The number of nitrogens with one attached hydrogen (secondary N) is 2. The number of amides is 2. The molecule has 0 saturated heterocycles. The third kappa shape index (κ3) is 3.59. The lowest BCUT2D eigenvalue weighted by molar-refractivity contribution is 0.222. The van der Waals surface area contributed by atoms with Gasteiger partial charge in [0, 0.05) is 11.8 Å². The maximum Gasteiger partial charge on any atom is 0.319 e. The van der Waals surface area contributed by atoms with E-state index in [4.69, 9.17) is 9.47 Å². The number of rotatable bonds is 3. The molecule has 2 amide bonds. The Hall–Kier alpha value is -2.76. The van der Waals surface area contributed by atoms with Crippen LogP contribution in [0.3, 0.4) is 0 Å². The molecule has 3 rings (SSSR count). The molecule has 2 N–H and O–H groups in total. The van der Waals surface area contributed by atoms with Crippen molar-refractivity contribution in [2.24, 2.45) is 0 Å². The molecule has 1 aromatic carbocycles. The maximum absolute atomic E-state index is 12.2. The van der Waals surface area contributed by atoms with Crippen molar-refractivity contribution in [2.75, 3.05) is 19.0 Å². The topological polar surface area (TPSA) is 72.5 Å². The Kier molecular flexibility index (Phi) is 4.55. The molecular formula is C18H21N3O3. The summed E-state index contributed by atoms with van der Waals surface area (Å²) < 4.78 is 10.9. The number of benzene rings is 1. The molecule has 0 aliphatic carbocycles. The smallest absolute Gasteiger partial charge is 0.319 e. The fourth-order valence-electron chi connectivity index (χ4n) is 2.73. The number of anilines is 1. The van der Waals surface area contributed by atoms with Gasteiger partial charge in [-0.15, -0.1) is 0 Å². The second-order valence-electron chi connectivity index (χ2n) is 5.87. The number of hydrogen-bond acceptors (Lipinski definition) is 4. The first kappa shape index (κ1) is 16.1. The minimum Gasteiger partial charge on any atom is -0.497 e. The number of aromatic nitrogens is 1. The summed E-state index contributed by atoms with van der Waals surface area (Å²) in [7, 11) is 1.63. The summed E-state index contributed by atoms with van der Waals surface area (Å²) in [5.74, 6) is 1.58. The zero-order valence-corrected chi connectivity index (χ0v) is 14.1. The molecule has 0 radical (unpaired) electrons. The van der Waals surface area contributed by atoms with Crippen LogP contribution in [0.2, 0.25) is 0 Å². The lowest BCUT2D eigenvalue weighted by Gasteiger charge is -2.26. The van der Waals surface area contributed by atoms with E-state index in [1.807, 2.05) is 44.2 Å². The molecule has 0 spiro atoms. The number of methoxy groups -OCH3 is 1. The van der Waals surface area contributed by atoms with Crippen LogP contribution >= 0.6 is 0 Å². The van der Waals surface area contributed by atoms with Crippen LogP contribution in [-0.4, -0.2) is 30.8 Å². The highest BCUT2D eigenvalue weighted by molar-refractivity contribution is 5.90. The number of urea groups is 1. The van der Waals surface area contributed by atoms with Gasteiger partial charge < -0.3 is 20.1 Å². The van der Waals surface area contributed by atoms with Crippen LogP contribution in [0.1, 0.15) is 17.0 Å². The van der Waals surface area contributed by atoms with Crippen LogP contribution in [-0.2, 0) is 6.42 Å². The van der Waals surface area contributed by atoms with Gasteiger partial charge in [0.25, 0.3) is 0 Å². The highest BCUT2D eigenvalue weighted by atomic mass is 16.5. The van der Waals surface area contributed by atoms with E-state index in [1.54, 1.807) is 7.11 Å². The summed E-state index contributed by atoms with van der Waals surface area (Å²) in [5.41, 5.74) is 3.48. The van der Waals surface area contributed by atoms with Crippen LogP contribution in [0.4, 0.5) is 10.5 Å². The first-order valence-electron chi connectivity index (χ1n) is 7.86. The molecule has 1 atom stereocenters. The Bertz CT molecular complexity index is 761. The number of carbonyl (C=O) groups is 1. The largest absolute Gasteiger partial charge is 0.497 e. The summed E-state index contributed by atoms with van der Waals surface area (Å²) in [5, 5.41) is 5.78. The van der Waals surface area contributed by atoms with Crippen molar-refractivity contribution in [2.45, 2.75) is 26.3 Å². The van der Waals surface area contributed by atoms with Gasteiger partial charge in [-0.3, -0.25) is 4.98 Å². The van der Waals surface area contributed by atoms with Gasteiger partial charge in [0.2, 0.25) is 0 Å². The summed E-state index contributed by atoms with van der Waals surface area (Å²) in [6.07, 6.45) is 0.720. The molecule has 1 aliphatic rings. The van der Waals surface area contributed by atoms with Crippen molar-refractivity contribution >= 4 is 11.7 Å². The Morgan fingerprint density at radius 1 is 1.29 bits per heavy atom. The number of ether oxygens (including phenoxy) is 2. The van der Waals surface area contributed by atoms with Crippen molar-refractivity contribution in [3.8, 4) is 11.5 Å². The summed E-state index contributed by atoms with van der Waals surface area (Å²) in [6.45, 7) is 4.22. The van der Waals surface area contributed by atoms with Crippen LogP contribution in [0.15, 0.2) is 30.3 Å². The minimum atomic E-state index is -0.255. The summed E-state index contributed by atoms with van der Waals surface area (Å²) in [6, 6.07) is 9.12. The van der Waals surface area contributed by atoms with E-state index in [2.05, 4.69) is 15.6 Å². The first-order chi connectivity index (χ1) is 11.5. The molecular weight excluding hydrogens is 306 g/mol. The van der Waals surface area contributed by atoms with Crippen LogP contribution in [0.5, 0.6) is 11.5 Å². The lowest BCUT2D eigenvalue weighted by Crippen LogP contribution is -2.44. The van der Waals surface area contributed by atoms with E-state index in [0.717, 1.165) is 34.9 Å². The van der Waals surface area contributed by atoms with Crippen LogP contribution < -0.4 is 20.1 Å². The van der Waals surface area contributed by atoms with Crippen molar-refractivity contribution in [3.05, 3.63) is 47.3 Å². The fraction of sp³-hybridized carbons (Fsp3) is 0.333. The lowest BCUT2D eigenvalue weighted by atomic mass is 10.0. The summed E-state index contributed by atoms with van der Waals surface area (Å²) in [4.78, 5) is 16.5. The molecule has 1 aliphatic heterocycles. The van der Waals surface area contributed by atoms with Crippen molar-refractivity contribution in [1.29, 1.82) is 0 Å². The molecule has 6 heteroatoms. The van der Waals surface area contributed by atoms with Gasteiger partial charge >= 0.3 is 6.03 Å². The SMILES string of the molecule is COc1ccc2c(c1)OCC(NC(=O)Nc1ccc(C)nc1C)C2. The van der Waals surface area contributed by atoms with Gasteiger partial charge in [-0.2, -0.15) is 0 Å². The molecule has 0 fully saturated rings. The Balaban J connectivity index is 1.61. The maximum atomic E-state index is 12.2. The highest BCUT2D eigenvalue weighted by Gasteiger charge is 2.22. The van der Waals surface area contributed by atoms with Crippen molar-refractivity contribution in [3.63, 3.8) is 0 Å². The van der Waals surface area contributed by atoms with Gasteiger partial charge in [0.15, 0.2) is 0 Å². The Morgan fingerprint density at radius 3 is 2.88 bits per heavy atom. The van der Waals surface area contributed by atoms with E-state index in [1.165, 1.54) is 0 Å². The van der Waals surface area contributed by atoms with Crippen molar-refractivity contribution < 1.29 is 14.3 Å². The number of aryl methyl sites for hydroxylation is 2. The van der Waals surface area contributed by atoms with E-state index in [-0.39, 0.29) is 12.1 Å². The van der Waals surface area contributed by atoms with Gasteiger partial charge in [0.05, 0.1) is 24.5 Å². The van der Waals surface area contributed by atoms with Gasteiger partial charge in [-0.1, -0.05) is 6.07 Å². The first-order valence-corrected chi connectivity index (χ1v) is 7.86. The van der Waals surface area contributed by atoms with Gasteiger partial charge in [-0.25, -0.2) is 4.79 Å². The number of pyridine rings is 1. The van der Waals surface area contributed by atoms with E-state index in [0.29, 0.717) is 12.3 Å². The average molecular weight is 327 g/mol. The molecule has 0 saturated carbocycles. The third-order valence-corrected chi connectivity index (χ3v) is 3.99. The zero-order chi connectivity index (χ0) is 17.1. The molecule has 2 heterocycles. The van der Waals surface area contributed by atoms with E-state index in [9.17, 15) is 4.79 Å². The molecule has 1 unspecified atom stereocenters. The molecule has 126 valence electrons. The normalized spacial score (nSPS) is 15.9. The second-order valence-corrected chi connectivity index (χ2v) is 5.87. The predicted molar refractivity (Wildman–Crippen MR) is 91.8 cm³/mol. The number of fused-ring (bicyclic) bond motifs is 1. The predicted octanol–water partition coefficient (Wildman–Crippen LogP) is 2.83. The number of nitrogens with zero attached hydrogens (tertiary/aromatic N) is 1. The monoisotopic (exact) mass is 327 g/mol. The number of carbonyl (C=O) groups excluding carboxylic acids is 1. The second kappa shape index (κ2) is 6.78. The summed E-state index contributed by atoms with van der Waals surface area (Å²) >= 11 is 0.